The molecule has 2 unspecified atom stereocenters. The fourth-order valence-electron chi connectivity index (χ4n) is 8.18. The first kappa shape index (κ1) is 61.6. The number of amides is 1. The Labute approximate surface area is 399 Å². The van der Waals surface area contributed by atoms with E-state index in [9.17, 15) is 15.0 Å². The summed E-state index contributed by atoms with van der Waals surface area (Å²) in [7, 11) is 0. The summed E-state index contributed by atoms with van der Waals surface area (Å²) in [6, 6.07) is -0.625. The third-order valence-electron chi connectivity index (χ3n) is 12.4. The van der Waals surface area contributed by atoms with E-state index in [0.717, 1.165) is 64.2 Å². The molecular formula is C60H107NO3. The molecule has 0 saturated carbocycles. The van der Waals surface area contributed by atoms with Crippen molar-refractivity contribution in [1.82, 2.24) is 5.32 Å². The lowest BCUT2D eigenvalue weighted by Crippen LogP contribution is -2.45. The fraction of sp³-hybridized carbons (Fsp3) is 0.750. The van der Waals surface area contributed by atoms with Crippen molar-refractivity contribution in [3.8, 4) is 0 Å². The van der Waals surface area contributed by atoms with E-state index in [1.54, 1.807) is 6.08 Å². The van der Waals surface area contributed by atoms with Crippen molar-refractivity contribution in [3.05, 3.63) is 85.1 Å². The summed E-state index contributed by atoms with van der Waals surface area (Å²) in [5.41, 5.74) is 0. The van der Waals surface area contributed by atoms with Crippen LogP contribution >= 0.6 is 0 Å². The molecule has 0 spiro atoms. The van der Waals surface area contributed by atoms with Crippen LogP contribution in [0.2, 0.25) is 0 Å². The molecule has 4 heteroatoms. The fourth-order valence-corrected chi connectivity index (χ4v) is 8.18. The molecule has 0 radical (unpaired) electrons. The third kappa shape index (κ3) is 50.6. The van der Waals surface area contributed by atoms with Crippen LogP contribution < -0.4 is 5.32 Å². The van der Waals surface area contributed by atoms with Crippen LogP contribution in [-0.2, 0) is 4.79 Å². The van der Waals surface area contributed by atoms with Gasteiger partial charge in [-0.05, 0) is 70.6 Å². The van der Waals surface area contributed by atoms with Gasteiger partial charge in [0.2, 0.25) is 5.91 Å². The highest BCUT2D eigenvalue weighted by atomic mass is 16.3. The van der Waals surface area contributed by atoms with E-state index < -0.39 is 12.1 Å². The Morgan fingerprint density at radius 3 is 1.03 bits per heavy atom. The molecule has 2 atom stereocenters. The number of allylic oxidation sites excluding steroid dienone is 13. The number of unbranched alkanes of at least 4 members (excludes halogenated alkanes) is 31. The number of carbonyl (C=O) groups excluding carboxylic acids is 1. The molecule has 0 heterocycles. The van der Waals surface area contributed by atoms with Crippen LogP contribution in [-0.4, -0.2) is 34.9 Å². The zero-order valence-corrected chi connectivity index (χ0v) is 42.5. The van der Waals surface area contributed by atoms with E-state index >= 15 is 0 Å². The van der Waals surface area contributed by atoms with Crippen molar-refractivity contribution in [2.24, 2.45) is 0 Å². The van der Waals surface area contributed by atoms with Crippen molar-refractivity contribution in [2.75, 3.05) is 6.61 Å². The number of rotatable bonds is 50. The standard InChI is InChI=1S/C60H107NO3/c1-3-5-7-9-11-13-15-17-19-21-22-23-24-25-26-27-28-29-30-31-32-33-34-35-36-37-38-40-42-44-46-48-50-52-54-56-60(64)61-58(57-62)59(63)55-53-51-49-47-45-43-41-39-20-18-16-14-12-10-8-6-4-2/h5,7,11,13,17,19,22-23,25-26,28-29,53,55,58-59,62-63H,3-4,6,8-10,12,14-16,18,20-21,24,27,30-52,54,56-57H2,1-2H3,(H,61,64)/b7-5-,13-11-,19-17-,23-22-,26-25-,29-28-,55-53+. The largest absolute Gasteiger partial charge is 0.394 e. The molecule has 0 saturated heterocycles. The average molecular weight is 891 g/mol. The van der Waals surface area contributed by atoms with Crippen LogP contribution in [0.5, 0.6) is 0 Å². The SMILES string of the molecule is CC/C=C\C/C=C\C/C=C\C/C=C\C/C=C\C/C=C\CCCCCCCCCCCCCCCCCCC(=O)NC(CO)C(O)/C=C/CCCCCCCCCCCCCCCCC. The number of aliphatic hydroxyl groups excluding tert-OH is 2. The molecule has 0 bridgehead atoms. The molecule has 1 amide bonds. The van der Waals surface area contributed by atoms with E-state index in [-0.39, 0.29) is 12.5 Å². The van der Waals surface area contributed by atoms with Crippen LogP contribution in [0, 0.1) is 0 Å². The maximum absolute atomic E-state index is 12.5. The van der Waals surface area contributed by atoms with Gasteiger partial charge in [0.25, 0.3) is 0 Å². The summed E-state index contributed by atoms with van der Waals surface area (Å²) in [5, 5.41) is 23.1. The second-order valence-corrected chi connectivity index (χ2v) is 18.6. The second kappa shape index (κ2) is 54.9. The van der Waals surface area contributed by atoms with Gasteiger partial charge in [-0.1, -0.05) is 279 Å². The first-order valence-electron chi connectivity index (χ1n) is 27.8. The van der Waals surface area contributed by atoms with Gasteiger partial charge in [-0.25, -0.2) is 0 Å². The Balaban J connectivity index is 3.51. The smallest absolute Gasteiger partial charge is 0.220 e. The molecule has 370 valence electrons. The van der Waals surface area contributed by atoms with Gasteiger partial charge in [0.05, 0.1) is 18.8 Å². The van der Waals surface area contributed by atoms with Crippen LogP contribution in [0.15, 0.2) is 85.1 Å². The highest BCUT2D eigenvalue weighted by Gasteiger charge is 2.18. The molecule has 0 aromatic heterocycles. The molecule has 0 aromatic rings. The van der Waals surface area contributed by atoms with E-state index in [0.29, 0.717) is 6.42 Å². The topological polar surface area (TPSA) is 69.6 Å². The number of nitrogens with one attached hydrogen (secondary N) is 1. The minimum absolute atomic E-state index is 0.0641. The molecule has 0 aliphatic carbocycles. The van der Waals surface area contributed by atoms with Crippen molar-refractivity contribution in [3.63, 3.8) is 0 Å². The minimum Gasteiger partial charge on any atom is -0.394 e. The van der Waals surface area contributed by atoms with E-state index in [1.165, 1.54) is 186 Å². The first-order valence-corrected chi connectivity index (χ1v) is 27.8. The van der Waals surface area contributed by atoms with Gasteiger partial charge in [-0.15, -0.1) is 0 Å². The zero-order chi connectivity index (χ0) is 46.3. The predicted molar refractivity (Wildman–Crippen MR) is 285 cm³/mol. The van der Waals surface area contributed by atoms with Gasteiger partial charge < -0.3 is 15.5 Å². The number of hydrogen-bond acceptors (Lipinski definition) is 3. The van der Waals surface area contributed by atoms with Crippen molar-refractivity contribution in [1.29, 1.82) is 0 Å². The zero-order valence-electron chi connectivity index (χ0n) is 42.5. The summed E-state index contributed by atoms with van der Waals surface area (Å²) in [6.45, 7) is 4.21. The van der Waals surface area contributed by atoms with Gasteiger partial charge in [-0.3, -0.25) is 4.79 Å². The molecule has 0 aromatic carbocycles. The minimum atomic E-state index is -0.842. The highest BCUT2D eigenvalue weighted by Crippen LogP contribution is 2.16. The Kier molecular flexibility index (Phi) is 52.8. The van der Waals surface area contributed by atoms with Gasteiger partial charge in [-0.2, -0.15) is 0 Å². The summed E-state index contributed by atoms with van der Waals surface area (Å²) in [6.07, 6.45) is 80.2. The van der Waals surface area contributed by atoms with Crippen LogP contribution in [0.25, 0.3) is 0 Å². The molecule has 4 nitrogen and oxygen atoms in total. The van der Waals surface area contributed by atoms with Crippen LogP contribution in [0.1, 0.15) is 271 Å². The van der Waals surface area contributed by atoms with Crippen molar-refractivity contribution >= 4 is 5.91 Å². The Hall–Kier alpha value is -2.43. The maximum Gasteiger partial charge on any atom is 0.220 e. The van der Waals surface area contributed by atoms with Crippen molar-refractivity contribution in [2.45, 2.75) is 283 Å². The quantitative estimate of drug-likeness (QED) is 0.0421. The van der Waals surface area contributed by atoms with Gasteiger partial charge in [0, 0.05) is 6.42 Å². The molecule has 64 heavy (non-hydrogen) atoms. The Morgan fingerprint density at radius 1 is 0.391 bits per heavy atom. The molecule has 0 aliphatic rings. The lowest BCUT2D eigenvalue weighted by molar-refractivity contribution is -0.123. The van der Waals surface area contributed by atoms with E-state index in [1.807, 2.05) is 6.08 Å². The lowest BCUT2D eigenvalue weighted by Gasteiger charge is -2.20. The maximum atomic E-state index is 12.5. The van der Waals surface area contributed by atoms with Gasteiger partial charge in [0.1, 0.15) is 0 Å². The number of carbonyl (C=O) groups is 1. The number of aliphatic hydroxyl groups is 2. The van der Waals surface area contributed by atoms with E-state index in [2.05, 4.69) is 92.1 Å². The summed E-state index contributed by atoms with van der Waals surface area (Å²) >= 11 is 0. The molecule has 0 rings (SSSR count). The Morgan fingerprint density at radius 2 is 0.688 bits per heavy atom. The van der Waals surface area contributed by atoms with Crippen molar-refractivity contribution < 1.29 is 15.0 Å². The summed E-state index contributed by atoms with van der Waals surface area (Å²) in [4.78, 5) is 12.5. The van der Waals surface area contributed by atoms with Gasteiger partial charge in [0.15, 0.2) is 0 Å². The second-order valence-electron chi connectivity index (χ2n) is 18.6. The van der Waals surface area contributed by atoms with Crippen LogP contribution in [0.3, 0.4) is 0 Å². The Bertz CT molecular complexity index is 1150. The van der Waals surface area contributed by atoms with Gasteiger partial charge >= 0.3 is 0 Å². The van der Waals surface area contributed by atoms with Crippen LogP contribution in [0.4, 0.5) is 0 Å². The normalized spacial score (nSPS) is 13.5. The highest BCUT2D eigenvalue weighted by molar-refractivity contribution is 5.76. The lowest BCUT2D eigenvalue weighted by atomic mass is 10.0. The summed E-state index contributed by atoms with van der Waals surface area (Å²) < 4.78 is 0. The average Bonchev–Trinajstić information content (AvgIpc) is 3.30. The third-order valence-corrected chi connectivity index (χ3v) is 12.4. The first-order chi connectivity index (χ1) is 31.7. The number of hydrogen-bond donors (Lipinski definition) is 3. The molecule has 3 N–H and O–H groups in total. The summed E-state index contributed by atoms with van der Waals surface area (Å²) in [5.74, 6) is -0.0641. The monoisotopic (exact) mass is 890 g/mol. The molecular weight excluding hydrogens is 783 g/mol. The molecule has 0 fully saturated rings. The molecule has 0 aliphatic heterocycles. The van der Waals surface area contributed by atoms with E-state index in [4.69, 9.17) is 0 Å². The predicted octanol–water partition coefficient (Wildman–Crippen LogP) is 18.4.